The van der Waals surface area contributed by atoms with E-state index in [1.54, 1.807) is 0 Å². The van der Waals surface area contributed by atoms with Gasteiger partial charge in [-0.1, -0.05) is 13.8 Å². The number of benzene rings is 1. The first-order chi connectivity index (χ1) is 7.95. The number of nitrogens with two attached hydrogens (primary N) is 1. The molecule has 0 saturated heterocycles. The van der Waals surface area contributed by atoms with Crippen LogP contribution in [0.3, 0.4) is 0 Å². The number of hydrogen-bond donors (Lipinski definition) is 2. The van der Waals surface area contributed by atoms with Gasteiger partial charge in [0.1, 0.15) is 5.82 Å². The van der Waals surface area contributed by atoms with Crippen LogP contribution in [0.2, 0.25) is 0 Å². The number of carbonyl (C=O) groups is 1. The Balaban J connectivity index is 2.82. The van der Waals surface area contributed by atoms with Gasteiger partial charge in [0.05, 0.1) is 5.56 Å². The third-order valence-electron chi connectivity index (χ3n) is 2.55. The van der Waals surface area contributed by atoms with Crippen LogP contribution in [-0.2, 0) is 0 Å². The van der Waals surface area contributed by atoms with Crippen molar-refractivity contribution in [2.24, 2.45) is 11.7 Å². The molecule has 0 saturated carbocycles. The number of nitrogens with one attached hydrogen (secondary N) is 1. The van der Waals surface area contributed by atoms with E-state index in [2.05, 4.69) is 5.32 Å². The summed E-state index contributed by atoms with van der Waals surface area (Å²) in [7, 11) is 0. The van der Waals surface area contributed by atoms with Gasteiger partial charge in [0.15, 0.2) is 0 Å². The van der Waals surface area contributed by atoms with Gasteiger partial charge in [-0.05, 0) is 46.7 Å². The van der Waals surface area contributed by atoms with Crippen LogP contribution in [0, 0.1) is 15.3 Å². The summed E-state index contributed by atoms with van der Waals surface area (Å²) in [5.74, 6) is -0.286. The fourth-order valence-electron chi connectivity index (χ4n) is 1.42. The molecule has 1 aromatic rings. The van der Waals surface area contributed by atoms with Crippen molar-refractivity contribution in [1.29, 1.82) is 0 Å². The molecule has 1 amide bonds. The van der Waals surface area contributed by atoms with Crippen molar-refractivity contribution in [1.82, 2.24) is 5.32 Å². The molecule has 0 aliphatic rings. The minimum absolute atomic E-state index is 0.0663. The molecule has 0 bridgehead atoms. The molecular weight excluding hydrogens is 334 g/mol. The third-order valence-corrected chi connectivity index (χ3v) is 3.44. The van der Waals surface area contributed by atoms with Crippen LogP contribution >= 0.6 is 22.6 Å². The Labute approximate surface area is 114 Å². The molecule has 0 fully saturated rings. The normalized spacial score (nSPS) is 12.6. The largest absolute Gasteiger partial charge is 0.348 e. The Morgan fingerprint density at radius 1 is 1.53 bits per heavy atom. The van der Waals surface area contributed by atoms with Gasteiger partial charge in [-0.2, -0.15) is 0 Å². The van der Waals surface area contributed by atoms with Crippen molar-refractivity contribution in [3.8, 4) is 0 Å². The summed E-state index contributed by atoms with van der Waals surface area (Å²) in [5.41, 5.74) is 6.06. The third kappa shape index (κ3) is 3.92. The van der Waals surface area contributed by atoms with Crippen molar-refractivity contribution in [3.05, 3.63) is 33.1 Å². The molecule has 1 atom stereocenters. The molecule has 0 heterocycles. The van der Waals surface area contributed by atoms with Crippen molar-refractivity contribution in [2.75, 3.05) is 6.54 Å². The zero-order valence-corrected chi connectivity index (χ0v) is 12.0. The molecule has 1 rings (SSSR count). The topological polar surface area (TPSA) is 55.1 Å². The maximum Gasteiger partial charge on any atom is 0.252 e. The highest BCUT2D eigenvalue weighted by atomic mass is 127. The van der Waals surface area contributed by atoms with Gasteiger partial charge in [-0.25, -0.2) is 4.39 Å². The smallest absolute Gasteiger partial charge is 0.252 e. The van der Waals surface area contributed by atoms with Crippen molar-refractivity contribution < 1.29 is 9.18 Å². The standard InChI is InChI=1S/C12H16FIN2O/c1-7(2)11(6-15)16-12(17)9-4-3-8(13)5-10(9)14/h3-5,7,11H,6,15H2,1-2H3,(H,16,17). The second kappa shape index (κ2) is 6.30. The molecule has 0 spiro atoms. The average molecular weight is 350 g/mol. The van der Waals surface area contributed by atoms with E-state index in [1.165, 1.54) is 18.2 Å². The van der Waals surface area contributed by atoms with Crippen LogP contribution in [-0.4, -0.2) is 18.5 Å². The highest BCUT2D eigenvalue weighted by Crippen LogP contribution is 2.14. The Morgan fingerprint density at radius 2 is 2.18 bits per heavy atom. The van der Waals surface area contributed by atoms with E-state index in [0.29, 0.717) is 15.7 Å². The van der Waals surface area contributed by atoms with E-state index in [9.17, 15) is 9.18 Å². The molecule has 94 valence electrons. The van der Waals surface area contributed by atoms with E-state index in [1.807, 2.05) is 36.4 Å². The lowest BCUT2D eigenvalue weighted by Gasteiger charge is -2.20. The maximum atomic E-state index is 12.9. The van der Waals surface area contributed by atoms with Gasteiger partial charge >= 0.3 is 0 Å². The van der Waals surface area contributed by atoms with Crippen molar-refractivity contribution in [3.63, 3.8) is 0 Å². The summed E-state index contributed by atoms with van der Waals surface area (Å²) in [6, 6.07) is 4.04. The molecule has 1 aromatic carbocycles. The summed E-state index contributed by atoms with van der Waals surface area (Å²) in [5, 5.41) is 2.85. The van der Waals surface area contributed by atoms with Gasteiger partial charge in [0, 0.05) is 16.2 Å². The van der Waals surface area contributed by atoms with Crippen molar-refractivity contribution in [2.45, 2.75) is 19.9 Å². The summed E-state index contributed by atoms with van der Waals surface area (Å²) < 4.78 is 13.5. The molecule has 0 radical (unpaired) electrons. The van der Waals surface area contributed by atoms with Crippen LogP contribution < -0.4 is 11.1 Å². The van der Waals surface area contributed by atoms with E-state index in [4.69, 9.17) is 5.73 Å². The first kappa shape index (κ1) is 14.4. The predicted octanol–water partition coefficient (Wildman–Crippen LogP) is 2.14. The van der Waals surface area contributed by atoms with Gasteiger partial charge in [0.2, 0.25) is 0 Å². The van der Waals surface area contributed by atoms with Gasteiger partial charge in [0.25, 0.3) is 5.91 Å². The van der Waals surface area contributed by atoms with Crippen LogP contribution in [0.4, 0.5) is 4.39 Å². The fourth-order valence-corrected chi connectivity index (χ4v) is 2.14. The Bertz CT molecular complexity index is 409. The molecule has 3 N–H and O–H groups in total. The minimum atomic E-state index is -0.342. The number of halogens is 2. The van der Waals surface area contributed by atoms with Crippen LogP contribution in [0.5, 0.6) is 0 Å². The zero-order valence-electron chi connectivity index (χ0n) is 9.84. The molecule has 3 nitrogen and oxygen atoms in total. The molecule has 5 heteroatoms. The highest BCUT2D eigenvalue weighted by molar-refractivity contribution is 14.1. The predicted molar refractivity (Wildman–Crippen MR) is 74.3 cm³/mol. The number of rotatable bonds is 4. The van der Waals surface area contributed by atoms with Gasteiger partial charge in [-0.3, -0.25) is 4.79 Å². The lowest BCUT2D eigenvalue weighted by molar-refractivity contribution is 0.0927. The maximum absolute atomic E-state index is 12.9. The Kier molecular flexibility index (Phi) is 5.32. The SMILES string of the molecule is CC(C)C(CN)NC(=O)c1ccc(F)cc1I. The zero-order chi connectivity index (χ0) is 13.0. The van der Waals surface area contributed by atoms with Crippen LogP contribution in [0.1, 0.15) is 24.2 Å². The fraction of sp³-hybridized carbons (Fsp3) is 0.417. The first-order valence-corrected chi connectivity index (χ1v) is 6.49. The molecule has 0 aliphatic carbocycles. The molecule has 1 unspecified atom stereocenters. The lowest BCUT2D eigenvalue weighted by Crippen LogP contribution is -2.43. The quantitative estimate of drug-likeness (QED) is 0.818. The van der Waals surface area contributed by atoms with Crippen LogP contribution in [0.15, 0.2) is 18.2 Å². The van der Waals surface area contributed by atoms with E-state index < -0.39 is 0 Å². The molecule has 0 aromatic heterocycles. The van der Waals surface area contributed by atoms with Crippen molar-refractivity contribution >= 4 is 28.5 Å². The second-order valence-electron chi connectivity index (χ2n) is 4.18. The lowest BCUT2D eigenvalue weighted by atomic mass is 10.0. The number of hydrogen-bond acceptors (Lipinski definition) is 2. The first-order valence-electron chi connectivity index (χ1n) is 5.41. The van der Waals surface area contributed by atoms with E-state index in [0.717, 1.165) is 0 Å². The number of amides is 1. The van der Waals surface area contributed by atoms with Gasteiger partial charge in [-0.15, -0.1) is 0 Å². The monoisotopic (exact) mass is 350 g/mol. The number of carbonyl (C=O) groups excluding carboxylic acids is 1. The second-order valence-corrected chi connectivity index (χ2v) is 5.35. The van der Waals surface area contributed by atoms with Crippen LogP contribution in [0.25, 0.3) is 0 Å². The highest BCUT2D eigenvalue weighted by Gasteiger charge is 2.17. The Morgan fingerprint density at radius 3 is 2.65 bits per heavy atom. The molecule has 0 aliphatic heterocycles. The summed E-state index contributed by atoms with van der Waals surface area (Å²) in [6.45, 7) is 4.38. The Hall–Kier alpha value is -0.690. The molecule has 17 heavy (non-hydrogen) atoms. The summed E-state index contributed by atoms with van der Waals surface area (Å²) in [6.07, 6.45) is 0. The van der Waals surface area contributed by atoms with E-state index in [-0.39, 0.29) is 23.7 Å². The summed E-state index contributed by atoms with van der Waals surface area (Å²) in [4.78, 5) is 12.0. The minimum Gasteiger partial charge on any atom is -0.348 e. The van der Waals surface area contributed by atoms with E-state index >= 15 is 0 Å². The van der Waals surface area contributed by atoms with Gasteiger partial charge < -0.3 is 11.1 Å². The summed E-state index contributed by atoms with van der Waals surface area (Å²) >= 11 is 1.95. The average Bonchev–Trinajstić information content (AvgIpc) is 2.24. The molecular formula is C12H16FIN2O.